The average Bonchev–Trinajstić information content (AvgIpc) is 1.43. The Morgan fingerprint density at radius 3 is 1.38 bits per heavy atom. The van der Waals surface area contributed by atoms with E-state index in [1.807, 2.05) is 13.8 Å². The van der Waals surface area contributed by atoms with Crippen LogP contribution in [0.2, 0.25) is 0 Å². The van der Waals surface area contributed by atoms with Gasteiger partial charge >= 0.3 is 0 Å². The van der Waals surface area contributed by atoms with Crippen LogP contribution >= 0.6 is 0 Å². The third kappa shape index (κ3) is 8.29. The lowest BCUT2D eigenvalue weighted by Gasteiger charge is -2.36. The van der Waals surface area contributed by atoms with Crippen molar-refractivity contribution in [3.8, 4) is 0 Å². The zero-order valence-corrected chi connectivity index (χ0v) is 10.4. The van der Waals surface area contributed by atoms with Crippen molar-refractivity contribution >= 4 is 0 Å². The number of hydrogen-bond acceptors (Lipinski definition) is 1. The van der Waals surface area contributed by atoms with Crippen LogP contribution in [0.25, 0.3) is 0 Å². The first-order valence-corrected chi connectivity index (χ1v) is 5.14. The fraction of sp³-hybridized carbons (Fsp3) is 1.00. The van der Waals surface area contributed by atoms with E-state index in [1.54, 1.807) is 0 Å². The molecule has 0 aromatic carbocycles. The van der Waals surface area contributed by atoms with E-state index in [0.29, 0.717) is 5.41 Å². The second-order valence-electron chi connectivity index (χ2n) is 6.89. The number of hydrogen-bond donors (Lipinski definition) is 1. The monoisotopic (exact) mass is 186 g/mol. The van der Waals surface area contributed by atoms with Gasteiger partial charge in [0.25, 0.3) is 0 Å². The Morgan fingerprint density at radius 1 is 0.769 bits per heavy atom. The first-order chi connectivity index (χ1) is 5.41. The summed E-state index contributed by atoms with van der Waals surface area (Å²) in [4.78, 5) is 0. The van der Waals surface area contributed by atoms with Crippen LogP contribution in [-0.4, -0.2) is 10.7 Å². The van der Waals surface area contributed by atoms with Gasteiger partial charge in [0.15, 0.2) is 0 Å². The minimum atomic E-state index is -0.547. The first kappa shape index (κ1) is 13.0. The van der Waals surface area contributed by atoms with Crippen molar-refractivity contribution in [3.63, 3.8) is 0 Å². The molecule has 0 fully saturated rings. The zero-order valence-electron chi connectivity index (χ0n) is 10.4. The molecule has 0 rings (SSSR count). The molecule has 0 aromatic rings. The van der Waals surface area contributed by atoms with Crippen LogP contribution < -0.4 is 0 Å². The predicted octanol–water partition coefficient (Wildman–Crippen LogP) is 3.61. The maximum absolute atomic E-state index is 9.75. The largest absolute Gasteiger partial charge is 0.390 e. The molecule has 0 heterocycles. The van der Waals surface area contributed by atoms with Crippen molar-refractivity contribution < 1.29 is 5.11 Å². The smallest absolute Gasteiger partial charge is 0.0596 e. The molecule has 0 radical (unpaired) electrons. The predicted molar refractivity (Wildman–Crippen MR) is 58.8 cm³/mol. The van der Waals surface area contributed by atoms with E-state index in [1.165, 1.54) is 0 Å². The lowest BCUT2D eigenvalue weighted by atomic mass is 9.71. The van der Waals surface area contributed by atoms with E-state index in [-0.39, 0.29) is 5.41 Å². The molecular formula is C12H26O. The molecule has 0 saturated heterocycles. The van der Waals surface area contributed by atoms with Crippen LogP contribution in [0.5, 0.6) is 0 Å². The molecule has 1 N–H and O–H groups in total. The molecule has 0 amide bonds. The Hall–Kier alpha value is -0.0400. The lowest BCUT2D eigenvalue weighted by Crippen LogP contribution is -2.31. The van der Waals surface area contributed by atoms with Crippen molar-refractivity contribution in [3.05, 3.63) is 0 Å². The molecule has 0 aliphatic heterocycles. The summed E-state index contributed by atoms with van der Waals surface area (Å²) in [6.07, 6.45) is 2.00. The van der Waals surface area contributed by atoms with Gasteiger partial charge < -0.3 is 5.11 Å². The van der Waals surface area contributed by atoms with Gasteiger partial charge in [0.2, 0.25) is 0 Å². The molecule has 0 saturated carbocycles. The van der Waals surface area contributed by atoms with Crippen LogP contribution in [0.4, 0.5) is 0 Å². The van der Waals surface area contributed by atoms with E-state index in [4.69, 9.17) is 0 Å². The van der Waals surface area contributed by atoms with Crippen molar-refractivity contribution in [2.24, 2.45) is 10.8 Å². The van der Waals surface area contributed by atoms with E-state index in [0.717, 1.165) is 12.8 Å². The van der Waals surface area contributed by atoms with Crippen LogP contribution in [-0.2, 0) is 0 Å². The third-order valence-electron chi connectivity index (χ3n) is 1.92. The summed E-state index contributed by atoms with van der Waals surface area (Å²) in [5, 5.41) is 9.75. The summed E-state index contributed by atoms with van der Waals surface area (Å²) in [5.41, 5.74) is 0.0139. The quantitative estimate of drug-likeness (QED) is 0.714. The van der Waals surface area contributed by atoms with Gasteiger partial charge in [-0.25, -0.2) is 0 Å². The fourth-order valence-electron chi connectivity index (χ4n) is 2.67. The molecule has 0 atom stereocenters. The van der Waals surface area contributed by atoms with Gasteiger partial charge in [-0.15, -0.1) is 0 Å². The molecule has 1 nitrogen and oxygen atoms in total. The van der Waals surface area contributed by atoms with Crippen molar-refractivity contribution in [1.82, 2.24) is 0 Å². The van der Waals surface area contributed by atoms with Gasteiger partial charge in [-0.05, 0) is 37.5 Å². The Labute approximate surface area is 83.5 Å². The van der Waals surface area contributed by atoms with Crippen molar-refractivity contribution in [2.45, 2.75) is 66.9 Å². The van der Waals surface area contributed by atoms with Gasteiger partial charge in [0.05, 0.1) is 5.60 Å². The maximum atomic E-state index is 9.75. The Morgan fingerprint density at radius 2 is 1.15 bits per heavy atom. The van der Waals surface area contributed by atoms with E-state index in [9.17, 15) is 5.11 Å². The third-order valence-corrected chi connectivity index (χ3v) is 1.92. The summed E-state index contributed by atoms with van der Waals surface area (Å²) in [6, 6.07) is 0. The summed E-state index contributed by atoms with van der Waals surface area (Å²) >= 11 is 0. The van der Waals surface area contributed by atoms with Crippen LogP contribution in [0.1, 0.15) is 61.3 Å². The highest BCUT2D eigenvalue weighted by Gasteiger charge is 2.30. The molecule has 13 heavy (non-hydrogen) atoms. The van der Waals surface area contributed by atoms with Crippen molar-refractivity contribution in [1.29, 1.82) is 0 Å². The second kappa shape index (κ2) is 3.61. The summed E-state index contributed by atoms with van der Waals surface area (Å²) < 4.78 is 0. The summed E-state index contributed by atoms with van der Waals surface area (Å²) in [7, 11) is 0. The SMILES string of the molecule is CC(C)(C)CC(C)(C)CC(C)(C)O. The Kier molecular flexibility index (Phi) is 3.59. The van der Waals surface area contributed by atoms with E-state index in [2.05, 4.69) is 34.6 Å². The lowest BCUT2D eigenvalue weighted by molar-refractivity contribution is 0.0191. The molecule has 80 valence electrons. The zero-order chi connectivity index (χ0) is 10.9. The fourth-order valence-corrected chi connectivity index (χ4v) is 2.67. The van der Waals surface area contributed by atoms with Gasteiger partial charge in [-0.1, -0.05) is 34.6 Å². The van der Waals surface area contributed by atoms with E-state index < -0.39 is 5.60 Å². The molecule has 0 aliphatic carbocycles. The summed E-state index contributed by atoms with van der Waals surface area (Å²) in [5.74, 6) is 0. The minimum absolute atomic E-state index is 0.219. The van der Waals surface area contributed by atoms with Crippen LogP contribution in [0.15, 0.2) is 0 Å². The highest BCUT2D eigenvalue weighted by atomic mass is 16.3. The molecule has 0 unspecified atom stereocenters. The normalized spacial score (nSPS) is 14.8. The van der Waals surface area contributed by atoms with E-state index >= 15 is 0 Å². The molecule has 0 aromatic heterocycles. The maximum Gasteiger partial charge on any atom is 0.0596 e. The molecule has 0 spiro atoms. The first-order valence-electron chi connectivity index (χ1n) is 5.14. The summed E-state index contributed by atoms with van der Waals surface area (Å²) in [6.45, 7) is 15.0. The van der Waals surface area contributed by atoms with Crippen LogP contribution in [0, 0.1) is 10.8 Å². The highest BCUT2D eigenvalue weighted by Crippen LogP contribution is 2.38. The highest BCUT2D eigenvalue weighted by molar-refractivity contribution is 4.82. The molecular weight excluding hydrogens is 160 g/mol. The second-order valence-corrected chi connectivity index (χ2v) is 6.89. The number of aliphatic hydroxyl groups is 1. The van der Waals surface area contributed by atoms with Gasteiger partial charge in [0, 0.05) is 0 Å². The van der Waals surface area contributed by atoms with Crippen molar-refractivity contribution in [2.75, 3.05) is 0 Å². The van der Waals surface area contributed by atoms with Gasteiger partial charge in [-0.3, -0.25) is 0 Å². The van der Waals surface area contributed by atoms with Crippen LogP contribution in [0.3, 0.4) is 0 Å². The molecule has 1 heteroatoms. The standard InChI is InChI=1S/C12H26O/c1-10(2,3)8-11(4,5)9-12(6,7)13/h13H,8-9H2,1-7H3. The van der Waals surface area contributed by atoms with Gasteiger partial charge in [-0.2, -0.15) is 0 Å². The van der Waals surface area contributed by atoms with Gasteiger partial charge in [0.1, 0.15) is 0 Å². The Bertz CT molecular complexity index is 137. The number of rotatable bonds is 3. The Balaban J connectivity index is 4.25. The minimum Gasteiger partial charge on any atom is -0.390 e. The average molecular weight is 186 g/mol. The topological polar surface area (TPSA) is 20.2 Å². The molecule has 0 aliphatic rings. The molecule has 0 bridgehead atoms.